The molecule has 0 atom stereocenters. The van der Waals surface area contributed by atoms with Crippen molar-refractivity contribution in [1.29, 1.82) is 0 Å². The summed E-state index contributed by atoms with van der Waals surface area (Å²) >= 11 is 0. The standard InChI is InChI=1S/C20H15P.BH3/c1-3-11-17-15(7-1)9-5-13-19(17)21-20-14-6-10-16-8-2-4-12-18(16)20;/h1-14,21H;1H3. The number of benzene rings is 4. The summed E-state index contributed by atoms with van der Waals surface area (Å²) in [5.74, 6) is 0. The summed E-state index contributed by atoms with van der Waals surface area (Å²) in [6.45, 7) is 0. The molecular weight excluding hydrogens is 282 g/mol. The molecular formula is C20H18BP. The number of rotatable bonds is 2. The van der Waals surface area contributed by atoms with E-state index >= 15 is 0 Å². The fourth-order valence-corrected chi connectivity index (χ4v) is 4.19. The van der Waals surface area contributed by atoms with Crippen molar-refractivity contribution in [3.8, 4) is 0 Å². The maximum absolute atomic E-state index is 2.25. The van der Waals surface area contributed by atoms with Gasteiger partial charge in [-0.05, 0) is 32.2 Å². The van der Waals surface area contributed by atoms with Crippen molar-refractivity contribution in [2.75, 3.05) is 0 Å². The second-order valence-electron chi connectivity index (χ2n) is 5.18. The molecule has 4 aromatic carbocycles. The third-order valence-corrected chi connectivity index (χ3v) is 5.26. The topological polar surface area (TPSA) is 0 Å². The van der Waals surface area contributed by atoms with Crippen LogP contribution in [0.5, 0.6) is 0 Å². The lowest BCUT2D eigenvalue weighted by molar-refractivity contribution is 1.77. The van der Waals surface area contributed by atoms with Gasteiger partial charge in [-0.25, -0.2) is 0 Å². The maximum Gasteiger partial charge on any atom is 0.0814 e. The molecule has 0 aliphatic heterocycles. The van der Waals surface area contributed by atoms with Gasteiger partial charge in [0.1, 0.15) is 0 Å². The summed E-state index contributed by atoms with van der Waals surface area (Å²) in [5, 5.41) is 8.22. The van der Waals surface area contributed by atoms with Gasteiger partial charge in [0.25, 0.3) is 0 Å². The first kappa shape index (κ1) is 14.8. The monoisotopic (exact) mass is 300 g/mol. The van der Waals surface area contributed by atoms with Crippen LogP contribution in [-0.4, -0.2) is 8.41 Å². The van der Waals surface area contributed by atoms with Crippen LogP contribution >= 0.6 is 8.58 Å². The Kier molecular flexibility index (Phi) is 4.27. The molecule has 0 fully saturated rings. The van der Waals surface area contributed by atoms with Gasteiger partial charge in [-0.1, -0.05) is 93.5 Å². The van der Waals surface area contributed by atoms with E-state index < -0.39 is 0 Å². The van der Waals surface area contributed by atoms with E-state index in [0.29, 0.717) is 8.58 Å². The second kappa shape index (κ2) is 6.34. The molecule has 0 unspecified atom stereocenters. The normalized spacial score (nSPS) is 10.5. The molecule has 0 aliphatic rings. The highest BCUT2D eigenvalue weighted by Crippen LogP contribution is 2.23. The van der Waals surface area contributed by atoms with E-state index in [9.17, 15) is 0 Å². The first-order valence-corrected chi connectivity index (χ1v) is 8.14. The first-order chi connectivity index (χ1) is 10.4. The minimum atomic E-state index is 0. The lowest BCUT2D eigenvalue weighted by Gasteiger charge is -2.09. The molecule has 0 aliphatic carbocycles. The average Bonchev–Trinajstić information content (AvgIpc) is 2.56. The highest BCUT2D eigenvalue weighted by molar-refractivity contribution is 7.56. The van der Waals surface area contributed by atoms with E-state index in [1.165, 1.54) is 32.2 Å². The number of hydrogen-bond acceptors (Lipinski definition) is 0. The van der Waals surface area contributed by atoms with Gasteiger partial charge in [0, 0.05) is 0 Å². The Morgan fingerprint density at radius 2 is 0.864 bits per heavy atom. The Morgan fingerprint density at radius 1 is 0.455 bits per heavy atom. The second-order valence-corrected chi connectivity index (χ2v) is 6.51. The fourth-order valence-electron chi connectivity index (χ4n) is 2.81. The SMILES string of the molecule is B.c1ccc2c(Pc3cccc4ccccc34)cccc2c1. The van der Waals surface area contributed by atoms with Crippen molar-refractivity contribution in [3.05, 3.63) is 84.9 Å². The van der Waals surface area contributed by atoms with Crippen molar-refractivity contribution in [2.45, 2.75) is 0 Å². The summed E-state index contributed by atoms with van der Waals surface area (Å²) < 4.78 is 0. The zero-order valence-electron chi connectivity index (χ0n) is 11.6. The Morgan fingerprint density at radius 3 is 1.36 bits per heavy atom. The molecule has 0 amide bonds. The number of fused-ring (bicyclic) bond motifs is 2. The van der Waals surface area contributed by atoms with Crippen molar-refractivity contribution in [2.24, 2.45) is 0 Å². The minimum absolute atomic E-state index is 0. The van der Waals surface area contributed by atoms with Crippen LogP contribution in [0.25, 0.3) is 21.5 Å². The van der Waals surface area contributed by atoms with Gasteiger partial charge in [0.05, 0.1) is 8.41 Å². The maximum atomic E-state index is 2.25. The lowest BCUT2D eigenvalue weighted by Crippen LogP contribution is -2.05. The van der Waals surface area contributed by atoms with E-state index in [-0.39, 0.29) is 8.41 Å². The van der Waals surface area contributed by atoms with Crippen molar-refractivity contribution in [3.63, 3.8) is 0 Å². The van der Waals surface area contributed by atoms with Crippen molar-refractivity contribution < 1.29 is 0 Å². The Balaban J connectivity index is 0.00000144. The van der Waals surface area contributed by atoms with Gasteiger partial charge < -0.3 is 0 Å². The molecule has 4 aromatic rings. The smallest absolute Gasteiger partial charge is 0.0616 e. The van der Waals surface area contributed by atoms with E-state index in [1.807, 2.05) is 0 Å². The molecule has 106 valence electrons. The van der Waals surface area contributed by atoms with Gasteiger partial charge in [-0.2, -0.15) is 0 Å². The van der Waals surface area contributed by atoms with Gasteiger partial charge in [-0.15, -0.1) is 0 Å². The molecule has 4 rings (SSSR count). The van der Waals surface area contributed by atoms with E-state index in [0.717, 1.165) is 0 Å². The quantitative estimate of drug-likeness (QED) is 0.393. The van der Waals surface area contributed by atoms with Crippen LogP contribution in [0, 0.1) is 0 Å². The van der Waals surface area contributed by atoms with Gasteiger partial charge in [-0.3, -0.25) is 0 Å². The predicted octanol–water partition coefficient (Wildman–Crippen LogP) is 3.44. The third kappa shape index (κ3) is 2.65. The van der Waals surface area contributed by atoms with Crippen LogP contribution < -0.4 is 10.6 Å². The van der Waals surface area contributed by atoms with Crippen LogP contribution in [0.3, 0.4) is 0 Å². The molecule has 0 radical (unpaired) electrons. The Hall–Kier alpha value is -2.11. The summed E-state index contributed by atoms with van der Waals surface area (Å²) in [6, 6.07) is 30.5. The minimum Gasteiger partial charge on any atom is -0.0616 e. The highest BCUT2D eigenvalue weighted by atomic mass is 31.1. The summed E-state index contributed by atoms with van der Waals surface area (Å²) in [6.07, 6.45) is 0. The summed E-state index contributed by atoms with van der Waals surface area (Å²) in [7, 11) is 0.684. The van der Waals surface area contributed by atoms with Crippen LogP contribution in [0.4, 0.5) is 0 Å². The lowest BCUT2D eigenvalue weighted by atomic mass is 10.1. The van der Waals surface area contributed by atoms with E-state index in [1.54, 1.807) is 0 Å². The molecule has 2 heteroatoms. The molecule has 0 N–H and O–H groups in total. The van der Waals surface area contributed by atoms with Crippen molar-refractivity contribution >= 4 is 49.1 Å². The molecule has 22 heavy (non-hydrogen) atoms. The highest BCUT2D eigenvalue weighted by Gasteiger charge is 2.04. The van der Waals surface area contributed by atoms with Crippen LogP contribution in [0.2, 0.25) is 0 Å². The molecule has 0 heterocycles. The molecule has 0 saturated heterocycles. The number of hydrogen-bond donors (Lipinski definition) is 0. The van der Waals surface area contributed by atoms with Gasteiger partial charge in [0.15, 0.2) is 0 Å². The average molecular weight is 300 g/mol. The van der Waals surface area contributed by atoms with Crippen molar-refractivity contribution in [1.82, 2.24) is 0 Å². The zero-order chi connectivity index (χ0) is 14.1. The Bertz CT molecular complexity index is 843. The van der Waals surface area contributed by atoms with E-state index in [2.05, 4.69) is 84.9 Å². The molecule has 0 aromatic heterocycles. The molecule has 0 spiro atoms. The predicted molar refractivity (Wildman–Crippen MR) is 105 cm³/mol. The van der Waals surface area contributed by atoms with Crippen LogP contribution in [-0.2, 0) is 0 Å². The van der Waals surface area contributed by atoms with Crippen LogP contribution in [0.15, 0.2) is 84.9 Å². The molecule has 0 saturated carbocycles. The first-order valence-electron chi connectivity index (χ1n) is 7.14. The molecule has 0 nitrogen and oxygen atoms in total. The third-order valence-electron chi connectivity index (χ3n) is 3.85. The van der Waals surface area contributed by atoms with E-state index in [4.69, 9.17) is 0 Å². The Labute approximate surface area is 134 Å². The van der Waals surface area contributed by atoms with Gasteiger partial charge >= 0.3 is 0 Å². The summed E-state index contributed by atoms with van der Waals surface area (Å²) in [5.41, 5.74) is 0. The molecule has 0 bridgehead atoms. The largest absolute Gasteiger partial charge is 0.0814 e. The van der Waals surface area contributed by atoms with Gasteiger partial charge in [0.2, 0.25) is 0 Å². The fraction of sp³-hybridized carbons (Fsp3) is 0. The summed E-state index contributed by atoms with van der Waals surface area (Å²) in [4.78, 5) is 0. The zero-order valence-corrected chi connectivity index (χ0v) is 12.6. The van der Waals surface area contributed by atoms with Crippen LogP contribution in [0.1, 0.15) is 0 Å².